The van der Waals surface area contributed by atoms with Crippen molar-refractivity contribution in [3.05, 3.63) is 91.3 Å². The lowest BCUT2D eigenvalue weighted by Gasteiger charge is -2.41. The second kappa shape index (κ2) is 13.8. The molecule has 2 aromatic carbocycles. The van der Waals surface area contributed by atoms with Crippen LogP contribution < -0.4 is 15.8 Å². The molecule has 12 heteroatoms. The number of halogens is 1. The molecule has 1 unspecified atom stereocenters. The first-order valence-electron chi connectivity index (χ1n) is 17.3. The van der Waals surface area contributed by atoms with Crippen LogP contribution in [0.15, 0.2) is 57.9 Å². The molecule has 3 saturated heterocycles. The molecule has 1 N–H and O–H groups in total. The van der Waals surface area contributed by atoms with E-state index in [4.69, 9.17) is 0 Å². The third-order valence-corrected chi connectivity index (χ3v) is 11.8. The summed E-state index contributed by atoms with van der Waals surface area (Å²) in [5, 5.41) is 6.63. The summed E-state index contributed by atoms with van der Waals surface area (Å²) in [4.78, 5) is 58.3. The Balaban J connectivity index is 0.932. The number of carbonyl (C=O) groups is 3. The normalized spacial score (nSPS) is 23.9. The van der Waals surface area contributed by atoms with Crippen molar-refractivity contribution in [2.24, 2.45) is 7.05 Å². The van der Waals surface area contributed by atoms with Crippen molar-refractivity contribution in [1.29, 1.82) is 0 Å². The van der Waals surface area contributed by atoms with Gasteiger partial charge in [-0.15, -0.1) is 0 Å². The molecule has 1 aromatic heterocycles. The van der Waals surface area contributed by atoms with Gasteiger partial charge in [0, 0.05) is 58.3 Å². The fourth-order valence-corrected chi connectivity index (χ4v) is 8.82. The number of imide groups is 1. The molecule has 3 atom stereocenters. The van der Waals surface area contributed by atoms with Gasteiger partial charge in [-0.3, -0.25) is 29.4 Å². The van der Waals surface area contributed by atoms with E-state index in [9.17, 15) is 19.2 Å². The zero-order chi connectivity index (χ0) is 34.4. The highest BCUT2D eigenvalue weighted by molar-refractivity contribution is 9.10. The lowest BCUT2D eigenvalue weighted by molar-refractivity contribution is -0.136. The molecule has 3 fully saturated rings. The van der Waals surface area contributed by atoms with E-state index < -0.39 is 6.04 Å². The molecule has 0 saturated carbocycles. The molecule has 49 heavy (non-hydrogen) atoms. The minimum atomic E-state index is -0.584. The summed E-state index contributed by atoms with van der Waals surface area (Å²) < 4.78 is 1.90. The third-order valence-electron chi connectivity index (χ3n) is 11.1. The fourth-order valence-electron chi connectivity index (χ4n) is 8.18. The smallest absolute Gasteiger partial charge is 0.282 e. The Labute approximate surface area is 295 Å². The minimum Gasteiger partial charge on any atom is -0.368 e. The van der Waals surface area contributed by atoms with Crippen molar-refractivity contribution in [3.63, 3.8) is 0 Å². The molecule has 3 amide bonds. The Morgan fingerprint density at radius 1 is 0.939 bits per heavy atom. The summed E-state index contributed by atoms with van der Waals surface area (Å²) in [5.74, 6) is 0.0726. The second-order valence-corrected chi connectivity index (χ2v) is 15.1. The minimum absolute atomic E-state index is 0.120. The van der Waals surface area contributed by atoms with Crippen LogP contribution in [0.4, 0.5) is 5.69 Å². The van der Waals surface area contributed by atoms with Crippen molar-refractivity contribution in [1.82, 2.24) is 29.8 Å². The Morgan fingerprint density at radius 3 is 2.41 bits per heavy atom. The average Bonchev–Trinajstić information content (AvgIpc) is 3.42. The average molecular weight is 731 g/mol. The summed E-state index contributed by atoms with van der Waals surface area (Å²) in [6.07, 6.45) is 5.52. The maximum atomic E-state index is 13.1. The molecule has 11 nitrogen and oxygen atoms in total. The van der Waals surface area contributed by atoms with Crippen molar-refractivity contribution < 1.29 is 14.4 Å². The molecule has 4 aliphatic rings. The summed E-state index contributed by atoms with van der Waals surface area (Å²) in [5.41, 5.74) is 6.27. The first kappa shape index (κ1) is 33.6. The van der Waals surface area contributed by atoms with E-state index >= 15 is 0 Å². The van der Waals surface area contributed by atoms with E-state index in [0.29, 0.717) is 34.8 Å². The Bertz CT molecular complexity index is 1820. The van der Waals surface area contributed by atoms with Crippen molar-refractivity contribution in [2.75, 3.05) is 45.2 Å². The zero-order valence-corrected chi connectivity index (χ0v) is 30.0. The van der Waals surface area contributed by atoms with E-state index in [2.05, 4.69) is 91.5 Å². The first-order chi connectivity index (χ1) is 23.5. The van der Waals surface area contributed by atoms with Gasteiger partial charge in [-0.2, -0.15) is 5.10 Å². The van der Waals surface area contributed by atoms with Gasteiger partial charge >= 0.3 is 0 Å². The highest BCUT2D eigenvalue weighted by atomic mass is 79.9. The highest BCUT2D eigenvalue weighted by Crippen LogP contribution is 2.35. The Hall–Kier alpha value is -3.87. The number of rotatable bonds is 7. The number of likely N-dealkylation sites (tertiary alicyclic amines) is 2. The van der Waals surface area contributed by atoms with Gasteiger partial charge in [0.25, 0.3) is 11.5 Å². The van der Waals surface area contributed by atoms with E-state index in [1.54, 1.807) is 18.1 Å². The number of hydrogen-bond acceptors (Lipinski definition) is 8. The Morgan fingerprint density at radius 2 is 1.67 bits per heavy atom. The van der Waals surface area contributed by atoms with Crippen LogP contribution in [0.3, 0.4) is 0 Å². The number of carbonyl (C=O) groups excluding carboxylic acids is 3. The van der Waals surface area contributed by atoms with Crippen molar-refractivity contribution in [2.45, 2.75) is 69.1 Å². The molecule has 5 heterocycles. The van der Waals surface area contributed by atoms with Gasteiger partial charge in [-0.1, -0.05) is 36.4 Å². The number of fused-ring (bicyclic) bond motifs is 1. The second-order valence-electron chi connectivity index (χ2n) is 14.3. The third kappa shape index (κ3) is 6.82. The van der Waals surface area contributed by atoms with Crippen molar-refractivity contribution >= 4 is 39.3 Å². The molecule has 7 rings (SSSR count). The van der Waals surface area contributed by atoms with E-state index in [1.165, 1.54) is 21.4 Å². The standard InChI is InChI=1S/C37H44BrN7O4/c1-41-20-27(17-29(22-41)42(2)32-18-39-43(3)37(49)34(32)38)24-6-4-23(5-7-24)19-44-14-12-25(13-15-44)26-8-9-30-28(16-26)21-45(36(30)48)31-10-11-33(46)40-35(31)47/h4-9,16,18,25,27,29,31H,10-15,17,19-22H2,1-3H3,(H,40,46,47)/t27-,29+,31?/m0/s1. The zero-order valence-electron chi connectivity index (χ0n) is 28.4. The van der Waals surface area contributed by atoms with Crippen LogP contribution in [0, 0.1) is 0 Å². The van der Waals surface area contributed by atoms with Gasteiger partial charge in [0.05, 0.1) is 11.9 Å². The molecule has 0 spiro atoms. The molecule has 0 bridgehead atoms. The molecular weight excluding hydrogens is 686 g/mol. The molecule has 4 aliphatic heterocycles. The van der Waals surface area contributed by atoms with E-state index in [1.807, 2.05) is 6.07 Å². The summed E-state index contributed by atoms with van der Waals surface area (Å²) in [6.45, 7) is 5.29. The number of benzene rings is 2. The molecular formula is C37H44BrN7O4. The number of aromatic nitrogens is 2. The maximum Gasteiger partial charge on any atom is 0.282 e. The lowest BCUT2D eigenvalue weighted by Crippen LogP contribution is -2.52. The van der Waals surface area contributed by atoms with Crippen LogP contribution in [-0.2, 0) is 29.7 Å². The van der Waals surface area contributed by atoms with Gasteiger partial charge in [0.15, 0.2) is 0 Å². The fraction of sp³-hybridized carbons (Fsp3) is 0.486. The predicted octanol–water partition coefficient (Wildman–Crippen LogP) is 3.61. The topological polar surface area (TPSA) is 111 Å². The quantitative estimate of drug-likeness (QED) is 0.368. The SMILES string of the molecule is CN1C[C@@H](c2ccc(CN3CCC(c4ccc5c(c4)CN(C4CCC(=O)NC4=O)C5=O)CC3)cc2)C[C@@H](N(C)c2cnn(C)c(=O)c2Br)C1. The number of amides is 3. The largest absolute Gasteiger partial charge is 0.368 e. The number of nitrogens with zero attached hydrogens (tertiary/aromatic N) is 6. The van der Waals surface area contributed by atoms with Crippen LogP contribution in [0.1, 0.15) is 76.6 Å². The molecule has 258 valence electrons. The van der Waals surface area contributed by atoms with Crippen LogP contribution in [0.5, 0.6) is 0 Å². The van der Waals surface area contributed by atoms with Crippen LogP contribution >= 0.6 is 15.9 Å². The molecule has 0 aliphatic carbocycles. The lowest BCUT2D eigenvalue weighted by atomic mass is 9.87. The van der Waals surface area contributed by atoms with Crippen LogP contribution in [0.2, 0.25) is 0 Å². The predicted molar refractivity (Wildman–Crippen MR) is 190 cm³/mol. The maximum absolute atomic E-state index is 13.1. The van der Waals surface area contributed by atoms with Gasteiger partial charge in [0.1, 0.15) is 10.5 Å². The summed E-state index contributed by atoms with van der Waals surface area (Å²) in [6, 6.07) is 15.0. The summed E-state index contributed by atoms with van der Waals surface area (Å²) >= 11 is 3.50. The number of nitrogens with one attached hydrogen (secondary N) is 1. The summed E-state index contributed by atoms with van der Waals surface area (Å²) in [7, 11) is 5.88. The van der Waals surface area contributed by atoms with Crippen LogP contribution in [-0.4, -0.2) is 94.6 Å². The highest BCUT2D eigenvalue weighted by Gasteiger charge is 2.39. The number of anilines is 1. The van der Waals surface area contributed by atoms with Gasteiger partial charge in [0.2, 0.25) is 11.8 Å². The van der Waals surface area contributed by atoms with Gasteiger partial charge in [-0.25, -0.2) is 4.68 Å². The van der Waals surface area contributed by atoms with Gasteiger partial charge < -0.3 is 14.7 Å². The van der Waals surface area contributed by atoms with E-state index in [0.717, 1.165) is 63.2 Å². The number of likely N-dealkylation sites (N-methyl/N-ethyl adjacent to an activating group) is 2. The molecule has 3 aromatic rings. The van der Waals surface area contributed by atoms with Crippen molar-refractivity contribution in [3.8, 4) is 0 Å². The molecule has 0 radical (unpaired) electrons. The number of aryl methyl sites for hydroxylation is 1. The van der Waals surface area contributed by atoms with Crippen LogP contribution in [0.25, 0.3) is 0 Å². The monoisotopic (exact) mass is 729 g/mol. The van der Waals surface area contributed by atoms with E-state index in [-0.39, 0.29) is 35.7 Å². The number of piperidine rings is 3. The first-order valence-corrected chi connectivity index (χ1v) is 18.1. The Kier molecular flexibility index (Phi) is 9.47. The number of hydrogen-bond donors (Lipinski definition) is 1. The van der Waals surface area contributed by atoms with Gasteiger partial charge in [-0.05, 0) is 102 Å².